The molecule has 2 aliphatic heterocycles. The van der Waals surface area contributed by atoms with E-state index in [0.717, 1.165) is 0 Å². The van der Waals surface area contributed by atoms with E-state index >= 15 is 0 Å². The molecule has 350 valence electrons. The van der Waals surface area contributed by atoms with Crippen molar-refractivity contribution in [1.29, 1.82) is 0 Å². The van der Waals surface area contributed by atoms with Crippen LogP contribution in [0.1, 0.15) is 105 Å². The molecule has 12 rings (SSSR count). The van der Waals surface area contributed by atoms with Crippen molar-refractivity contribution in [3.8, 4) is 11.1 Å². The molecular formula is C68H65BN2. The van der Waals surface area contributed by atoms with Gasteiger partial charge in [-0.1, -0.05) is 186 Å². The van der Waals surface area contributed by atoms with Crippen molar-refractivity contribution in [3.05, 3.63) is 198 Å². The van der Waals surface area contributed by atoms with Crippen molar-refractivity contribution in [2.45, 2.75) is 105 Å². The Labute approximate surface area is 422 Å². The minimum atomic E-state index is -0.0748. The average molecular weight is 921 g/mol. The van der Waals surface area contributed by atoms with Gasteiger partial charge in [0.05, 0.1) is 0 Å². The summed E-state index contributed by atoms with van der Waals surface area (Å²) in [6, 6.07) is 68.4. The lowest BCUT2D eigenvalue weighted by Crippen LogP contribution is -2.61. The van der Waals surface area contributed by atoms with Crippen LogP contribution in [-0.4, -0.2) is 6.71 Å². The summed E-state index contributed by atoms with van der Waals surface area (Å²) < 4.78 is 0. The van der Waals surface area contributed by atoms with Gasteiger partial charge in [0.2, 0.25) is 0 Å². The molecule has 71 heavy (non-hydrogen) atoms. The molecule has 0 atom stereocenters. The summed E-state index contributed by atoms with van der Waals surface area (Å²) in [5.41, 5.74) is 18.7. The minimum Gasteiger partial charge on any atom is -0.311 e. The molecule has 0 aromatic heterocycles. The summed E-state index contributed by atoms with van der Waals surface area (Å²) in [5.74, 6) is 0. The summed E-state index contributed by atoms with van der Waals surface area (Å²) in [5, 5.41) is 10.0. The van der Waals surface area contributed by atoms with E-state index in [-0.39, 0.29) is 28.4 Å². The quantitative estimate of drug-likeness (QED) is 0.129. The molecule has 2 nitrogen and oxygen atoms in total. The van der Waals surface area contributed by atoms with Crippen LogP contribution in [0, 0.1) is 0 Å². The van der Waals surface area contributed by atoms with E-state index in [0.29, 0.717) is 0 Å². The van der Waals surface area contributed by atoms with Crippen molar-refractivity contribution in [2.75, 3.05) is 9.80 Å². The van der Waals surface area contributed by atoms with E-state index in [2.05, 4.69) is 269 Å². The van der Waals surface area contributed by atoms with Gasteiger partial charge >= 0.3 is 0 Å². The van der Waals surface area contributed by atoms with Crippen LogP contribution >= 0.6 is 0 Å². The second kappa shape index (κ2) is 15.7. The number of hydrogen-bond acceptors (Lipinski definition) is 2. The van der Waals surface area contributed by atoms with Crippen molar-refractivity contribution in [1.82, 2.24) is 0 Å². The molecule has 3 heteroatoms. The van der Waals surface area contributed by atoms with Gasteiger partial charge in [-0.3, -0.25) is 0 Å². The lowest BCUT2D eigenvalue weighted by molar-refractivity contribution is 0.568. The Balaban J connectivity index is 1.27. The maximum Gasteiger partial charge on any atom is 0.252 e. The van der Waals surface area contributed by atoms with E-state index in [1.54, 1.807) is 0 Å². The molecule has 0 unspecified atom stereocenters. The fourth-order valence-electron chi connectivity index (χ4n) is 11.4. The molecule has 0 aliphatic carbocycles. The fraction of sp³-hybridized carbons (Fsp3) is 0.235. The molecule has 0 bridgehead atoms. The van der Waals surface area contributed by atoms with Gasteiger partial charge in [-0.15, -0.1) is 0 Å². The molecule has 0 spiro atoms. The Bertz CT molecular complexity index is 3520. The van der Waals surface area contributed by atoms with E-state index in [1.165, 1.54) is 127 Å². The first-order chi connectivity index (χ1) is 33.7. The standard InChI is InChI=1S/C68H65BN2/c1-65(2,3)52-36-53(66(4,5)6)39-56(38-52)70-60-32-49-28-45-24-18-16-22-43(45)26-47(49)30-58(60)69-59-31-48-27-44-23-17-19-25-46(44)29-50(48)33-61(59)71(57-40-54(67(7,8)9)37-55(41-57)68(10,11)12)63-35-51(34-62(70)64(63)69)42-20-14-13-15-21-42/h13-41H,1-12H3. The first-order valence-corrected chi connectivity index (χ1v) is 25.8. The molecule has 0 amide bonds. The number of fused-ring (bicyclic) bond motifs is 8. The van der Waals surface area contributed by atoms with Crippen molar-refractivity contribution >= 4 is 100 Å². The molecule has 0 fully saturated rings. The normalized spacial score (nSPS) is 13.8. The molecule has 2 aliphatic rings. The summed E-state index contributed by atoms with van der Waals surface area (Å²) in [6.07, 6.45) is 0. The van der Waals surface area contributed by atoms with E-state index in [9.17, 15) is 0 Å². The van der Waals surface area contributed by atoms with Crippen molar-refractivity contribution in [3.63, 3.8) is 0 Å². The maximum atomic E-state index is 2.65. The maximum absolute atomic E-state index is 2.65. The summed E-state index contributed by atoms with van der Waals surface area (Å²) in [7, 11) is 0. The highest BCUT2D eigenvalue weighted by Crippen LogP contribution is 2.50. The van der Waals surface area contributed by atoms with Crippen LogP contribution in [0.3, 0.4) is 0 Å². The third-order valence-electron chi connectivity index (χ3n) is 15.6. The lowest BCUT2D eigenvalue weighted by Gasteiger charge is -2.45. The third-order valence-corrected chi connectivity index (χ3v) is 15.6. The zero-order valence-electron chi connectivity index (χ0n) is 43.7. The Morgan fingerprint density at radius 1 is 0.282 bits per heavy atom. The van der Waals surface area contributed by atoms with Gasteiger partial charge in [0.25, 0.3) is 6.71 Å². The summed E-state index contributed by atoms with van der Waals surface area (Å²) in [4.78, 5) is 5.31. The molecule has 10 aromatic carbocycles. The van der Waals surface area contributed by atoms with Gasteiger partial charge < -0.3 is 9.80 Å². The van der Waals surface area contributed by atoms with Crippen LogP contribution in [0.5, 0.6) is 0 Å². The zero-order valence-corrected chi connectivity index (χ0v) is 43.7. The SMILES string of the molecule is CC(C)(C)c1cc(N2c3cc4cc5ccccc5cc4cc3B3c4cc5cc6ccccc6cc5cc4N(c4cc(C(C)(C)C)cc(C(C)(C)C)c4)c4cc(-c5ccccc5)cc2c43)cc(C(C)(C)C)c1. The average Bonchev–Trinajstić information content (AvgIpc) is 3.32. The molecular weight excluding hydrogens is 856 g/mol. The molecule has 10 aromatic rings. The van der Waals surface area contributed by atoms with Gasteiger partial charge in [0.1, 0.15) is 0 Å². The van der Waals surface area contributed by atoms with Gasteiger partial charge in [0.15, 0.2) is 0 Å². The summed E-state index contributed by atoms with van der Waals surface area (Å²) >= 11 is 0. The number of anilines is 6. The van der Waals surface area contributed by atoms with E-state index in [1.807, 2.05) is 0 Å². The predicted molar refractivity (Wildman–Crippen MR) is 311 cm³/mol. The highest BCUT2D eigenvalue weighted by molar-refractivity contribution is 7.00. The van der Waals surface area contributed by atoms with Gasteiger partial charge in [-0.25, -0.2) is 0 Å². The number of rotatable bonds is 3. The largest absolute Gasteiger partial charge is 0.311 e. The summed E-state index contributed by atoms with van der Waals surface area (Å²) in [6.45, 7) is 28.2. The van der Waals surface area contributed by atoms with E-state index in [4.69, 9.17) is 0 Å². The van der Waals surface area contributed by atoms with Crippen LogP contribution in [0.15, 0.2) is 176 Å². The molecule has 2 heterocycles. The fourth-order valence-corrected chi connectivity index (χ4v) is 11.4. The Morgan fingerprint density at radius 3 is 0.944 bits per heavy atom. The third kappa shape index (κ3) is 7.63. The number of hydrogen-bond donors (Lipinski definition) is 0. The number of benzene rings is 10. The van der Waals surface area contributed by atoms with Crippen LogP contribution in [0.2, 0.25) is 0 Å². The molecule has 0 N–H and O–H groups in total. The predicted octanol–water partition coefficient (Wildman–Crippen LogP) is 17.2. The lowest BCUT2D eigenvalue weighted by atomic mass is 9.33. The molecule has 0 saturated carbocycles. The Hall–Kier alpha value is -7.10. The van der Waals surface area contributed by atoms with Crippen LogP contribution in [-0.2, 0) is 21.7 Å². The first kappa shape index (κ1) is 45.1. The highest BCUT2D eigenvalue weighted by Gasteiger charge is 2.45. The highest BCUT2D eigenvalue weighted by atomic mass is 15.2. The molecule has 0 radical (unpaired) electrons. The molecule has 0 saturated heterocycles. The van der Waals surface area contributed by atoms with Gasteiger partial charge in [-0.2, -0.15) is 0 Å². The van der Waals surface area contributed by atoms with Gasteiger partial charge in [0, 0.05) is 34.1 Å². The van der Waals surface area contributed by atoms with Crippen LogP contribution < -0.4 is 26.2 Å². The Morgan fingerprint density at radius 2 is 0.606 bits per heavy atom. The zero-order chi connectivity index (χ0) is 49.5. The monoisotopic (exact) mass is 921 g/mol. The second-order valence-electron chi connectivity index (χ2n) is 24.9. The van der Waals surface area contributed by atoms with Gasteiger partial charge in [-0.05, 0) is 187 Å². The first-order valence-electron chi connectivity index (χ1n) is 25.8. The van der Waals surface area contributed by atoms with Crippen LogP contribution in [0.4, 0.5) is 34.1 Å². The minimum absolute atomic E-state index is 0.0603. The topological polar surface area (TPSA) is 6.48 Å². The smallest absolute Gasteiger partial charge is 0.252 e. The Kier molecular flexibility index (Phi) is 9.97. The van der Waals surface area contributed by atoms with E-state index < -0.39 is 0 Å². The van der Waals surface area contributed by atoms with Crippen LogP contribution in [0.25, 0.3) is 54.2 Å². The number of nitrogens with zero attached hydrogens (tertiary/aromatic N) is 2. The second-order valence-corrected chi connectivity index (χ2v) is 24.9. The van der Waals surface area contributed by atoms with Crippen molar-refractivity contribution < 1.29 is 0 Å². The van der Waals surface area contributed by atoms with Crippen molar-refractivity contribution in [2.24, 2.45) is 0 Å².